The van der Waals surface area contributed by atoms with E-state index < -0.39 is 23.7 Å². The number of halogens is 3. The SMILES string of the molecule is C.CC1CN(C(=O)OC(C)(C)C)CC(C)N1.COCCOCCOCCN1C(C)CN(C(=O)OC(C)(C)C)CC1C.COCCOCCOCCN1C(C)CNCC1C.O=CC(F)(F)F.O=CO[O-].[H-].[K+].[K+]. The topological polar surface area (TPSA) is 211 Å². The quantitative estimate of drug-likeness (QED) is 0.0466. The van der Waals surface area contributed by atoms with Gasteiger partial charge >= 0.3 is 121 Å². The molecule has 414 valence electrons. The zero-order chi connectivity index (χ0) is 52.3. The molecule has 6 atom stereocenters. The fourth-order valence-corrected chi connectivity index (χ4v) is 6.95. The van der Waals surface area contributed by atoms with Crippen LogP contribution >= 0.6 is 0 Å². The first kappa shape index (κ1) is 80.2. The average molecular weight is 1090 g/mol. The monoisotopic (exact) mass is 1090 g/mol. The van der Waals surface area contributed by atoms with Gasteiger partial charge in [0.1, 0.15) is 11.2 Å². The summed E-state index contributed by atoms with van der Waals surface area (Å²) in [4.78, 5) is 52.5. The number of piperazine rings is 3. The summed E-state index contributed by atoms with van der Waals surface area (Å²) in [5.41, 5.74) is -0.867. The number of aldehydes is 1. The number of carbonyl (C=O) groups is 4. The number of amides is 2. The minimum absolute atomic E-state index is 0. The summed E-state index contributed by atoms with van der Waals surface area (Å²) >= 11 is 0. The smallest absolute Gasteiger partial charge is 1.00 e. The molecule has 2 N–H and O–H groups in total. The van der Waals surface area contributed by atoms with Gasteiger partial charge in [0, 0.05) is 103 Å². The third kappa shape index (κ3) is 46.1. The van der Waals surface area contributed by atoms with Gasteiger partial charge in [-0.05, 0) is 83.1 Å². The fraction of sp³-hybridized carbons (Fsp3) is 0.913. The zero-order valence-electron chi connectivity index (χ0n) is 46.5. The Hall–Kier alpha value is 0.303. The molecule has 3 rings (SSSR count). The Labute approximate surface area is 511 Å². The summed E-state index contributed by atoms with van der Waals surface area (Å²) in [7, 11) is 3.33. The maximum Gasteiger partial charge on any atom is 1.00 e. The van der Waals surface area contributed by atoms with Crippen molar-refractivity contribution in [3.05, 3.63) is 0 Å². The van der Waals surface area contributed by atoms with Crippen LogP contribution < -0.4 is 119 Å². The molecule has 0 aromatic carbocycles. The Kier molecular flexibility index (Phi) is 52.4. The van der Waals surface area contributed by atoms with E-state index in [4.69, 9.17) is 52.7 Å². The Morgan fingerprint density at radius 2 is 0.887 bits per heavy atom. The number of carbonyl (C=O) groups excluding carboxylic acids is 4. The summed E-state index contributed by atoms with van der Waals surface area (Å²) in [6.07, 6.45) is -6.13. The molecule has 3 fully saturated rings. The van der Waals surface area contributed by atoms with E-state index >= 15 is 0 Å². The molecule has 0 aromatic rings. The van der Waals surface area contributed by atoms with Gasteiger partial charge in [0.2, 0.25) is 6.29 Å². The molecule has 3 heterocycles. The molecule has 0 bridgehead atoms. The van der Waals surface area contributed by atoms with E-state index in [0.717, 1.165) is 45.9 Å². The van der Waals surface area contributed by atoms with Gasteiger partial charge in [-0.2, -0.15) is 13.2 Å². The van der Waals surface area contributed by atoms with Crippen molar-refractivity contribution in [3.8, 4) is 0 Å². The Balaban J connectivity index is -0.000000206. The van der Waals surface area contributed by atoms with E-state index in [-0.39, 0.29) is 142 Å². The molecule has 3 aliphatic rings. The minimum Gasteiger partial charge on any atom is -1.00 e. The summed E-state index contributed by atoms with van der Waals surface area (Å²) in [6.45, 7) is 37.3. The van der Waals surface area contributed by atoms with Crippen LogP contribution in [0.5, 0.6) is 0 Å². The van der Waals surface area contributed by atoms with Gasteiger partial charge in [-0.1, -0.05) is 7.43 Å². The van der Waals surface area contributed by atoms with Crippen molar-refractivity contribution in [3.63, 3.8) is 0 Å². The van der Waals surface area contributed by atoms with Gasteiger partial charge in [-0.3, -0.25) is 19.4 Å². The first-order valence-corrected chi connectivity index (χ1v) is 23.2. The molecular weight excluding hydrogens is 996 g/mol. The van der Waals surface area contributed by atoms with Crippen molar-refractivity contribution >= 4 is 24.9 Å². The van der Waals surface area contributed by atoms with Gasteiger partial charge in [0.25, 0.3) is 6.47 Å². The van der Waals surface area contributed by atoms with E-state index in [9.17, 15) is 22.8 Å². The summed E-state index contributed by atoms with van der Waals surface area (Å²) in [5.74, 6) is 0. The third-order valence-electron chi connectivity index (χ3n) is 9.74. The number of hydrogen-bond acceptors (Lipinski definition) is 18. The number of alkyl halides is 3. The van der Waals surface area contributed by atoms with Crippen LogP contribution in [0.2, 0.25) is 0 Å². The van der Waals surface area contributed by atoms with Crippen LogP contribution in [0.4, 0.5) is 22.8 Å². The molecule has 6 unspecified atom stereocenters. The first-order valence-electron chi connectivity index (χ1n) is 23.2. The average Bonchev–Trinajstić information content (AvgIpc) is 3.23. The molecule has 3 aliphatic heterocycles. The molecule has 0 saturated carbocycles. The predicted octanol–water partition coefficient (Wildman–Crippen LogP) is -2.11. The normalized spacial score (nSPS) is 21.4. The number of nitrogens with one attached hydrogen (secondary N) is 2. The van der Waals surface area contributed by atoms with Crippen molar-refractivity contribution in [2.75, 3.05) is 133 Å². The molecular formula is C46H93F3K2N6O14. The molecule has 20 nitrogen and oxygen atoms in total. The van der Waals surface area contributed by atoms with Gasteiger partial charge < -0.3 is 69.9 Å². The molecule has 3 saturated heterocycles. The molecule has 2 amide bonds. The Morgan fingerprint density at radius 3 is 1.18 bits per heavy atom. The standard InChI is InChI=1S/C18H36N2O5.C13H28N2O3.C11H22N2O2.C2HF3O.CH2O3.CH4.2K.H/c1-15-13-19(17(21)25-18(3,4)5)14-16(2)20(15)7-8-23-11-12-24-10-9-22-6;1-12-10-14-11-13(2)15(12)4-5-17-8-9-18-7-6-16-3;1-8-6-13(7-9(2)12-8)10(14)15-11(3,4)5;3-2(4,5)1-6;2-1-4-3;;;;/h15-16H,7-14H2,1-6H3;12-14H,4-11H2,1-3H3;8-9,12H,6-7H2,1-5H3;1H;1,3H;1H4;;;/q;;;;;;2*+1;-1/p-1. The Morgan fingerprint density at radius 1 is 0.592 bits per heavy atom. The van der Waals surface area contributed by atoms with Crippen molar-refractivity contribution in [2.45, 2.75) is 144 Å². The van der Waals surface area contributed by atoms with Gasteiger partial charge in [0.05, 0.1) is 66.1 Å². The van der Waals surface area contributed by atoms with E-state index in [2.05, 4.69) is 66.9 Å². The number of ether oxygens (including phenoxy) is 8. The van der Waals surface area contributed by atoms with Crippen LogP contribution in [0.15, 0.2) is 0 Å². The van der Waals surface area contributed by atoms with Crippen LogP contribution in [0.25, 0.3) is 0 Å². The predicted molar refractivity (Wildman–Crippen MR) is 256 cm³/mol. The summed E-state index contributed by atoms with van der Waals surface area (Å²) in [5, 5.41) is 15.2. The molecule has 71 heavy (non-hydrogen) atoms. The second-order valence-corrected chi connectivity index (χ2v) is 18.6. The molecule has 0 spiro atoms. The van der Waals surface area contributed by atoms with Crippen molar-refractivity contribution < 1.29 is 185 Å². The molecule has 0 aliphatic carbocycles. The van der Waals surface area contributed by atoms with E-state index in [1.165, 1.54) is 0 Å². The van der Waals surface area contributed by atoms with Gasteiger partial charge in [-0.15, -0.1) is 0 Å². The van der Waals surface area contributed by atoms with Gasteiger partial charge in [0.15, 0.2) is 0 Å². The minimum atomic E-state index is -4.64. The first-order chi connectivity index (χ1) is 31.7. The van der Waals surface area contributed by atoms with Crippen molar-refractivity contribution in [2.24, 2.45) is 0 Å². The van der Waals surface area contributed by atoms with Crippen molar-refractivity contribution in [1.82, 2.24) is 30.2 Å². The number of nitrogens with zero attached hydrogens (tertiary/aromatic N) is 4. The van der Waals surface area contributed by atoms with Gasteiger partial charge in [-0.25, -0.2) is 9.59 Å². The second-order valence-electron chi connectivity index (χ2n) is 18.6. The van der Waals surface area contributed by atoms with Crippen molar-refractivity contribution in [1.29, 1.82) is 0 Å². The van der Waals surface area contributed by atoms with Crippen LogP contribution in [-0.2, 0) is 52.4 Å². The van der Waals surface area contributed by atoms with Crippen LogP contribution in [0.3, 0.4) is 0 Å². The Bertz CT molecular complexity index is 1290. The fourth-order valence-electron chi connectivity index (χ4n) is 6.95. The van der Waals surface area contributed by atoms with Crippen LogP contribution in [0.1, 0.15) is 91.9 Å². The van der Waals surface area contributed by atoms with Crippen LogP contribution in [0, 0.1) is 0 Å². The second kappa shape index (κ2) is 46.4. The summed E-state index contributed by atoms with van der Waals surface area (Å²) in [6, 6.07) is 2.41. The maximum absolute atomic E-state index is 12.3. The molecule has 0 radical (unpaired) electrons. The molecule has 0 aromatic heterocycles. The zero-order valence-corrected chi connectivity index (χ0v) is 51.7. The number of hydrogen-bond donors (Lipinski definition) is 2. The summed E-state index contributed by atoms with van der Waals surface area (Å²) < 4.78 is 73.8. The third-order valence-corrected chi connectivity index (χ3v) is 9.74. The van der Waals surface area contributed by atoms with E-state index in [1.54, 1.807) is 19.1 Å². The van der Waals surface area contributed by atoms with Crippen LogP contribution in [-0.4, -0.2) is 231 Å². The number of rotatable bonds is 19. The maximum atomic E-state index is 12.3. The molecule has 25 heteroatoms. The largest absolute Gasteiger partial charge is 1.00 e. The van der Waals surface area contributed by atoms with E-state index in [0.29, 0.717) is 96.7 Å². The van der Waals surface area contributed by atoms with E-state index in [1.807, 2.05) is 46.4 Å². The number of methoxy groups -OCH3 is 2.